The average Bonchev–Trinajstić information content (AvgIpc) is 2.94. The summed E-state index contributed by atoms with van der Waals surface area (Å²) in [6.45, 7) is 0. The first-order valence-corrected chi connectivity index (χ1v) is 11.3. The number of rotatable bonds is 3. The van der Waals surface area contributed by atoms with E-state index in [0.717, 1.165) is 32.9 Å². The minimum Gasteiger partial charge on any atom is -0.493 e. The molecule has 0 bridgehead atoms. The maximum atomic E-state index is 5.43. The molecule has 0 fully saturated rings. The van der Waals surface area contributed by atoms with Gasteiger partial charge in [-0.25, -0.2) is 9.97 Å². The van der Waals surface area contributed by atoms with Crippen LogP contribution in [0.5, 0.6) is 17.2 Å². The summed E-state index contributed by atoms with van der Waals surface area (Å²) in [7, 11) is 4.73. The fourth-order valence-electron chi connectivity index (χ4n) is 3.85. The summed E-state index contributed by atoms with van der Waals surface area (Å²) in [6.07, 6.45) is 0. The highest BCUT2D eigenvalue weighted by molar-refractivity contribution is 6.03. The minimum atomic E-state index is 0.526. The van der Waals surface area contributed by atoms with E-state index in [1.165, 1.54) is 0 Å². The standard InChI is InChI=1S/C31H22N2O3/c1-34-27-19-22(20-28(35-2)31(27)36-3)10-16-26-18-14-24-12-11-23-13-17-25(32-29(23)30(24)33-26)15-9-21-7-5-4-6-8-21/h4-8,11-14,17-20H,1-3H3. The zero-order valence-electron chi connectivity index (χ0n) is 20.1. The van der Waals surface area contributed by atoms with Crippen molar-refractivity contribution in [1.29, 1.82) is 0 Å². The summed E-state index contributed by atoms with van der Waals surface area (Å²) in [5.41, 5.74) is 4.57. The maximum Gasteiger partial charge on any atom is 0.203 e. The molecular weight excluding hydrogens is 448 g/mol. The Morgan fingerprint density at radius 1 is 0.528 bits per heavy atom. The molecule has 0 aliphatic carbocycles. The number of methoxy groups -OCH3 is 3. The second-order valence-corrected chi connectivity index (χ2v) is 7.88. The first-order valence-electron chi connectivity index (χ1n) is 11.3. The normalized spacial score (nSPS) is 10.2. The van der Waals surface area contributed by atoms with Gasteiger partial charge in [-0.05, 0) is 60.4 Å². The highest BCUT2D eigenvalue weighted by Crippen LogP contribution is 2.38. The Labute approximate surface area is 209 Å². The van der Waals surface area contributed by atoms with E-state index in [-0.39, 0.29) is 0 Å². The average molecular weight is 471 g/mol. The third kappa shape index (κ3) is 4.64. The molecule has 0 spiro atoms. The molecule has 0 amide bonds. The van der Waals surface area contributed by atoms with Gasteiger partial charge in [0.1, 0.15) is 11.4 Å². The van der Waals surface area contributed by atoms with Crippen LogP contribution in [0.4, 0.5) is 0 Å². The summed E-state index contributed by atoms with van der Waals surface area (Å²) < 4.78 is 16.2. The molecule has 0 atom stereocenters. The van der Waals surface area contributed by atoms with Crippen LogP contribution in [0.3, 0.4) is 0 Å². The van der Waals surface area contributed by atoms with Crippen LogP contribution in [0.15, 0.2) is 78.9 Å². The predicted molar refractivity (Wildman–Crippen MR) is 142 cm³/mol. The summed E-state index contributed by atoms with van der Waals surface area (Å²) in [4.78, 5) is 9.64. The van der Waals surface area contributed by atoms with Crippen molar-refractivity contribution in [2.45, 2.75) is 0 Å². The van der Waals surface area contributed by atoms with Crippen molar-refractivity contribution in [2.75, 3.05) is 21.3 Å². The topological polar surface area (TPSA) is 53.5 Å². The van der Waals surface area contributed by atoms with E-state index >= 15 is 0 Å². The van der Waals surface area contributed by atoms with E-state index in [2.05, 4.69) is 23.7 Å². The van der Waals surface area contributed by atoms with Crippen LogP contribution in [0.2, 0.25) is 0 Å². The Bertz CT molecular complexity index is 1680. The van der Waals surface area contributed by atoms with Crippen LogP contribution in [-0.4, -0.2) is 31.3 Å². The Morgan fingerprint density at radius 2 is 1.03 bits per heavy atom. The van der Waals surface area contributed by atoms with Gasteiger partial charge in [0.25, 0.3) is 0 Å². The molecule has 5 heteroatoms. The largest absolute Gasteiger partial charge is 0.493 e. The van der Waals surface area contributed by atoms with E-state index in [9.17, 15) is 0 Å². The third-order valence-electron chi connectivity index (χ3n) is 5.63. The number of hydrogen-bond donors (Lipinski definition) is 0. The van der Waals surface area contributed by atoms with Gasteiger partial charge in [0.15, 0.2) is 11.5 Å². The molecule has 174 valence electrons. The second kappa shape index (κ2) is 10.1. The number of fused-ring (bicyclic) bond motifs is 3. The molecule has 0 radical (unpaired) electrons. The lowest BCUT2D eigenvalue weighted by Crippen LogP contribution is -1.95. The van der Waals surface area contributed by atoms with Crippen LogP contribution >= 0.6 is 0 Å². The fraction of sp³-hybridized carbons (Fsp3) is 0.0968. The smallest absolute Gasteiger partial charge is 0.203 e. The number of aromatic nitrogens is 2. The lowest BCUT2D eigenvalue weighted by molar-refractivity contribution is 0.324. The van der Waals surface area contributed by atoms with Crippen LogP contribution in [0.25, 0.3) is 21.8 Å². The minimum absolute atomic E-state index is 0.526. The van der Waals surface area contributed by atoms with Crippen molar-refractivity contribution in [3.8, 4) is 40.9 Å². The van der Waals surface area contributed by atoms with Crippen LogP contribution in [0.1, 0.15) is 22.5 Å². The van der Waals surface area contributed by atoms with E-state index < -0.39 is 0 Å². The molecule has 0 saturated heterocycles. The van der Waals surface area contributed by atoms with Crippen molar-refractivity contribution >= 4 is 21.8 Å². The van der Waals surface area contributed by atoms with Crippen LogP contribution in [0, 0.1) is 23.7 Å². The lowest BCUT2D eigenvalue weighted by atomic mass is 10.1. The van der Waals surface area contributed by atoms with Gasteiger partial charge in [0.05, 0.1) is 32.4 Å². The summed E-state index contributed by atoms with van der Waals surface area (Å²) >= 11 is 0. The fourth-order valence-corrected chi connectivity index (χ4v) is 3.85. The van der Waals surface area contributed by atoms with Crippen molar-refractivity contribution in [2.24, 2.45) is 0 Å². The molecule has 0 N–H and O–H groups in total. The van der Waals surface area contributed by atoms with Crippen LogP contribution < -0.4 is 14.2 Å². The quantitative estimate of drug-likeness (QED) is 0.254. The molecule has 0 saturated carbocycles. The van der Waals surface area contributed by atoms with E-state index in [4.69, 9.17) is 24.2 Å². The molecule has 0 aliphatic rings. The van der Waals surface area contributed by atoms with E-state index in [1.54, 1.807) is 21.3 Å². The molecule has 0 aliphatic heterocycles. The Morgan fingerprint density at radius 3 is 1.53 bits per heavy atom. The molecule has 5 nitrogen and oxygen atoms in total. The van der Waals surface area contributed by atoms with Gasteiger partial charge in [0, 0.05) is 21.9 Å². The Balaban J connectivity index is 1.55. The Hall–Kier alpha value is -5.00. The number of hydrogen-bond acceptors (Lipinski definition) is 5. The number of ether oxygens (including phenoxy) is 3. The second-order valence-electron chi connectivity index (χ2n) is 7.88. The van der Waals surface area contributed by atoms with Crippen molar-refractivity contribution in [1.82, 2.24) is 9.97 Å². The third-order valence-corrected chi connectivity index (χ3v) is 5.63. The van der Waals surface area contributed by atoms with E-state index in [0.29, 0.717) is 28.6 Å². The van der Waals surface area contributed by atoms with Gasteiger partial charge in [-0.3, -0.25) is 0 Å². The van der Waals surface area contributed by atoms with Gasteiger partial charge in [-0.15, -0.1) is 0 Å². The van der Waals surface area contributed by atoms with Crippen molar-refractivity contribution in [3.63, 3.8) is 0 Å². The molecule has 36 heavy (non-hydrogen) atoms. The number of pyridine rings is 2. The van der Waals surface area contributed by atoms with Gasteiger partial charge in [0.2, 0.25) is 5.75 Å². The van der Waals surface area contributed by atoms with Crippen molar-refractivity contribution in [3.05, 3.63) is 101 Å². The molecule has 0 unspecified atom stereocenters. The zero-order valence-corrected chi connectivity index (χ0v) is 20.1. The summed E-state index contributed by atoms with van der Waals surface area (Å²) in [5.74, 6) is 14.3. The predicted octanol–water partition coefficient (Wildman–Crippen LogP) is 5.61. The number of benzene rings is 3. The number of nitrogens with zero attached hydrogens (tertiary/aromatic N) is 2. The molecule has 5 rings (SSSR count). The Kier molecular flexibility index (Phi) is 6.38. The first-order chi connectivity index (χ1) is 17.7. The van der Waals surface area contributed by atoms with E-state index in [1.807, 2.05) is 78.9 Å². The monoisotopic (exact) mass is 470 g/mol. The first kappa shape index (κ1) is 22.8. The lowest BCUT2D eigenvalue weighted by Gasteiger charge is -2.12. The highest BCUT2D eigenvalue weighted by atomic mass is 16.5. The summed E-state index contributed by atoms with van der Waals surface area (Å²) in [5, 5.41) is 1.98. The molecule has 5 aromatic rings. The molecular formula is C31H22N2O3. The van der Waals surface area contributed by atoms with Gasteiger partial charge < -0.3 is 14.2 Å². The molecule has 2 heterocycles. The van der Waals surface area contributed by atoms with Gasteiger partial charge in [-0.1, -0.05) is 42.2 Å². The highest BCUT2D eigenvalue weighted by Gasteiger charge is 2.12. The summed E-state index contributed by atoms with van der Waals surface area (Å²) in [6, 6.07) is 25.4. The zero-order chi connectivity index (χ0) is 24.9. The van der Waals surface area contributed by atoms with Crippen molar-refractivity contribution < 1.29 is 14.2 Å². The molecule has 3 aromatic carbocycles. The molecule has 2 aromatic heterocycles. The maximum absolute atomic E-state index is 5.43. The van der Waals surface area contributed by atoms with Gasteiger partial charge in [-0.2, -0.15) is 0 Å². The van der Waals surface area contributed by atoms with Crippen LogP contribution in [-0.2, 0) is 0 Å². The SMILES string of the molecule is COc1cc(C#Cc2ccc3ccc4ccc(C#Cc5ccccc5)nc4c3n2)cc(OC)c1OC. The van der Waals surface area contributed by atoms with Gasteiger partial charge >= 0.3 is 0 Å².